The molecule has 43 heavy (non-hydrogen) atoms. The number of aliphatic hydroxyl groups is 1. The third-order valence-electron chi connectivity index (χ3n) is 7.71. The van der Waals surface area contributed by atoms with Crippen molar-refractivity contribution >= 4 is 46.3 Å². The molecule has 1 aliphatic carbocycles. The molecule has 2 aromatic heterocycles. The molecule has 13 nitrogen and oxygen atoms in total. The number of carbonyl (C=O) groups excluding carboxylic acids is 1. The van der Waals surface area contributed by atoms with Crippen molar-refractivity contribution in [3.63, 3.8) is 0 Å². The molecule has 3 N–H and O–H groups in total. The number of rotatable bonds is 7. The van der Waals surface area contributed by atoms with Gasteiger partial charge in [0.05, 0.1) is 34.2 Å². The summed E-state index contributed by atoms with van der Waals surface area (Å²) in [6.07, 6.45) is -4.60. The van der Waals surface area contributed by atoms with Crippen LogP contribution in [0.15, 0.2) is 18.3 Å². The fourth-order valence-electron chi connectivity index (χ4n) is 5.15. The fourth-order valence-corrected chi connectivity index (χ4v) is 5.43. The van der Waals surface area contributed by atoms with Crippen LogP contribution in [0.2, 0.25) is 5.02 Å². The van der Waals surface area contributed by atoms with Gasteiger partial charge in [0.25, 0.3) is 5.91 Å². The lowest BCUT2D eigenvalue weighted by molar-refractivity contribution is -0.213. The third kappa shape index (κ3) is 5.69. The maximum Gasteiger partial charge on any atom is 0.423 e. The molecule has 17 heteroatoms. The van der Waals surface area contributed by atoms with Crippen molar-refractivity contribution < 1.29 is 23.1 Å². The van der Waals surface area contributed by atoms with Gasteiger partial charge in [-0.05, 0) is 25.0 Å². The van der Waals surface area contributed by atoms with Crippen LogP contribution in [0.3, 0.4) is 0 Å². The second-order valence-corrected chi connectivity index (χ2v) is 11.0. The standard InChI is InChI=1S/C26H25ClF3N11O2/c27-20-18(35-25-36-22(34-15-1-2-15)23-33-11-16(10-32)41(23)37-25)7-14(9-31)8-19(20)39-5-3-38(4-6-39)17-12-40(13-17)24(43)21(42)26(28,29)30/h7-8,11,15,17,21,42H,1-6,12-13H2,(H2,34,35,36,37)/t21-/m0/s1. The molecule has 224 valence electrons. The van der Waals surface area contributed by atoms with Gasteiger partial charge in [-0.25, -0.2) is 4.98 Å². The highest BCUT2D eigenvalue weighted by atomic mass is 35.5. The average molecular weight is 616 g/mol. The largest absolute Gasteiger partial charge is 0.423 e. The summed E-state index contributed by atoms with van der Waals surface area (Å²) in [5.74, 6) is -0.717. The Morgan fingerprint density at radius 3 is 2.49 bits per heavy atom. The fraction of sp³-hybridized carbons (Fsp3) is 0.462. The molecule has 1 aromatic carbocycles. The van der Waals surface area contributed by atoms with E-state index in [4.69, 9.17) is 11.6 Å². The van der Waals surface area contributed by atoms with Crippen molar-refractivity contribution in [3.8, 4) is 12.1 Å². The minimum absolute atomic E-state index is 0.108. The van der Waals surface area contributed by atoms with Gasteiger partial charge < -0.3 is 25.5 Å². The number of piperazine rings is 1. The number of aliphatic hydroxyl groups excluding tert-OH is 1. The first-order valence-electron chi connectivity index (χ1n) is 13.5. The van der Waals surface area contributed by atoms with Crippen molar-refractivity contribution in [1.29, 1.82) is 10.5 Å². The molecule has 2 aliphatic heterocycles. The molecule has 6 rings (SSSR count). The van der Waals surface area contributed by atoms with Gasteiger partial charge in [0.15, 0.2) is 17.2 Å². The Labute approximate surface area is 248 Å². The average Bonchev–Trinajstić information content (AvgIpc) is 3.68. The van der Waals surface area contributed by atoms with E-state index >= 15 is 0 Å². The monoisotopic (exact) mass is 615 g/mol. The number of nitrogens with one attached hydrogen (secondary N) is 2. The van der Waals surface area contributed by atoms with Crippen LogP contribution >= 0.6 is 11.6 Å². The highest BCUT2D eigenvalue weighted by Gasteiger charge is 2.48. The number of carbonyl (C=O) groups is 1. The van der Waals surface area contributed by atoms with E-state index in [1.165, 1.54) is 10.7 Å². The van der Waals surface area contributed by atoms with E-state index in [0.29, 0.717) is 59.6 Å². The zero-order valence-corrected chi connectivity index (χ0v) is 23.3. The minimum atomic E-state index is -4.99. The lowest BCUT2D eigenvalue weighted by Gasteiger charge is -2.48. The predicted octanol–water partition coefficient (Wildman–Crippen LogP) is 2.09. The van der Waals surface area contributed by atoms with E-state index in [1.54, 1.807) is 12.1 Å². The molecule has 0 spiro atoms. The topological polar surface area (TPSA) is 162 Å². The molecule has 1 atom stereocenters. The predicted molar refractivity (Wildman–Crippen MR) is 148 cm³/mol. The number of benzene rings is 1. The number of imidazole rings is 1. The number of halogens is 4. The number of nitriles is 2. The van der Waals surface area contributed by atoms with Crippen molar-refractivity contribution in [2.45, 2.75) is 37.2 Å². The number of anilines is 4. The molecule has 0 radical (unpaired) electrons. The SMILES string of the molecule is N#Cc1cc(Nc2nc(NC3CC3)c3ncc(C#N)n3n2)c(Cl)c(N2CCN(C3CN(C(=O)[C@H](O)C(F)(F)F)C3)CC2)c1. The first kappa shape index (κ1) is 28.7. The quantitative estimate of drug-likeness (QED) is 0.357. The molecular weight excluding hydrogens is 591 g/mol. The highest BCUT2D eigenvalue weighted by molar-refractivity contribution is 6.36. The third-order valence-corrected chi connectivity index (χ3v) is 8.11. The molecule has 1 saturated carbocycles. The molecular formula is C26H25ClF3N11O2. The first-order valence-corrected chi connectivity index (χ1v) is 13.9. The maximum atomic E-state index is 12.7. The lowest BCUT2D eigenvalue weighted by Crippen LogP contribution is -2.66. The molecule has 2 saturated heterocycles. The molecule has 1 amide bonds. The van der Waals surface area contributed by atoms with Crippen LogP contribution in [-0.2, 0) is 4.79 Å². The summed E-state index contributed by atoms with van der Waals surface area (Å²) in [5.41, 5.74) is 1.99. The van der Waals surface area contributed by atoms with E-state index in [9.17, 15) is 33.6 Å². The summed E-state index contributed by atoms with van der Waals surface area (Å²) >= 11 is 6.84. The Morgan fingerprint density at radius 1 is 1.14 bits per heavy atom. The molecule has 3 aliphatic rings. The summed E-state index contributed by atoms with van der Waals surface area (Å²) in [6.45, 7) is 2.36. The number of nitrogens with zero attached hydrogens (tertiary/aromatic N) is 9. The summed E-state index contributed by atoms with van der Waals surface area (Å²) in [6, 6.07) is 7.61. The molecule has 0 unspecified atom stereocenters. The summed E-state index contributed by atoms with van der Waals surface area (Å²) < 4.78 is 39.4. The van der Waals surface area contributed by atoms with Crippen molar-refractivity contribution in [2.75, 3.05) is 54.8 Å². The second-order valence-electron chi connectivity index (χ2n) is 10.7. The van der Waals surface area contributed by atoms with Gasteiger partial charge in [-0.3, -0.25) is 9.69 Å². The Kier molecular flexibility index (Phi) is 7.37. The van der Waals surface area contributed by atoms with E-state index in [-0.39, 0.29) is 36.8 Å². The van der Waals surface area contributed by atoms with Crippen LogP contribution in [0.25, 0.3) is 5.65 Å². The Balaban J connectivity index is 1.16. The number of fused-ring (bicyclic) bond motifs is 1. The Hall–Kier alpha value is -4.38. The minimum Gasteiger partial charge on any atom is -0.376 e. The van der Waals surface area contributed by atoms with Crippen LogP contribution in [0.5, 0.6) is 0 Å². The van der Waals surface area contributed by atoms with Crippen LogP contribution in [0.1, 0.15) is 24.1 Å². The number of likely N-dealkylation sites (tertiary alicyclic amines) is 1. The van der Waals surface area contributed by atoms with Crippen molar-refractivity contribution in [1.82, 2.24) is 29.4 Å². The van der Waals surface area contributed by atoms with Gasteiger partial charge in [-0.2, -0.15) is 33.2 Å². The molecule has 0 bridgehead atoms. The van der Waals surface area contributed by atoms with Gasteiger partial charge >= 0.3 is 6.18 Å². The van der Waals surface area contributed by atoms with Crippen molar-refractivity contribution in [3.05, 3.63) is 34.6 Å². The van der Waals surface area contributed by atoms with E-state index in [2.05, 4.69) is 42.7 Å². The smallest absolute Gasteiger partial charge is 0.376 e. The number of hydrogen-bond acceptors (Lipinski definition) is 11. The lowest BCUT2D eigenvalue weighted by atomic mass is 10.0. The first-order chi connectivity index (χ1) is 20.5. The van der Waals surface area contributed by atoms with Gasteiger partial charge in [0, 0.05) is 51.4 Å². The molecule has 4 heterocycles. The molecule has 3 aromatic rings. The Bertz CT molecular complexity index is 1650. The van der Waals surface area contributed by atoms with Crippen molar-refractivity contribution in [2.24, 2.45) is 0 Å². The van der Waals surface area contributed by atoms with Gasteiger partial charge in [0.2, 0.25) is 12.1 Å². The summed E-state index contributed by atoms with van der Waals surface area (Å²) in [7, 11) is 0. The number of amides is 1. The zero-order chi connectivity index (χ0) is 30.5. The normalized spacial score (nSPS) is 18.6. The van der Waals surface area contributed by atoms with E-state index in [1.807, 2.05) is 4.90 Å². The molecule has 3 fully saturated rings. The highest BCUT2D eigenvalue weighted by Crippen LogP contribution is 2.37. The summed E-state index contributed by atoms with van der Waals surface area (Å²) in [4.78, 5) is 25.8. The number of alkyl halides is 3. The number of hydrogen-bond donors (Lipinski definition) is 3. The van der Waals surface area contributed by atoms with Crippen LogP contribution in [0.4, 0.5) is 36.3 Å². The number of aromatic nitrogens is 4. The Morgan fingerprint density at radius 2 is 1.86 bits per heavy atom. The maximum absolute atomic E-state index is 12.7. The zero-order valence-electron chi connectivity index (χ0n) is 22.5. The summed E-state index contributed by atoms with van der Waals surface area (Å²) in [5, 5.41) is 39.6. The van der Waals surface area contributed by atoms with Gasteiger partial charge in [-0.15, -0.1) is 5.10 Å². The second kappa shape index (κ2) is 11.0. The van der Waals surface area contributed by atoms with Crippen LogP contribution < -0.4 is 15.5 Å². The van der Waals surface area contributed by atoms with Crippen LogP contribution in [-0.4, -0.2) is 104 Å². The van der Waals surface area contributed by atoms with Crippen LogP contribution in [0, 0.1) is 22.7 Å². The van der Waals surface area contributed by atoms with Gasteiger partial charge in [-0.1, -0.05) is 11.6 Å². The van der Waals surface area contributed by atoms with E-state index in [0.717, 1.165) is 17.7 Å². The van der Waals surface area contributed by atoms with E-state index < -0.39 is 18.2 Å². The van der Waals surface area contributed by atoms with Gasteiger partial charge in [0.1, 0.15) is 6.07 Å².